The highest BCUT2D eigenvalue weighted by molar-refractivity contribution is 4.94. The van der Waals surface area contributed by atoms with E-state index >= 15 is 0 Å². The minimum atomic E-state index is 0.433. The number of rotatable bonds is 4. The fourth-order valence-electron chi connectivity index (χ4n) is 2.56. The standard InChI is InChI=1S/C12H26N2/c1-5-12(6-2)10-13-7-8-14(12)9-11(3)4/h11,13H,5-10H2,1-4H3. The average Bonchev–Trinajstić information content (AvgIpc) is 2.18. The lowest BCUT2D eigenvalue weighted by atomic mass is 9.88. The van der Waals surface area contributed by atoms with Crippen LogP contribution < -0.4 is 5.32 Å². The van der Waals surface area contributed by atoms with Crippen molar-refractivity contribution in [3.63, 3.8) is 0 Å². The molecule has 1 heterocycles. The molecule has 0 aromatic heterocycles. The number of nitrogens with zero attached hydrogens (tertiary/aromatic N) is 1. The van der Waals surface area contributed by atoms with Crippen LogP contribution in [0.4, 0.5) is 0 Å². The molecule has 0 aromatic carbocycles. The molecule has 1 aliphatic rings. The molecule has 0 bridgehead atoms. The Balaban J connectivity index is 2.66. The molecule has 1 N–H and O–H groups in total. The summed E-state index contributed by atoms with van der Waals surface area (Å²) >= 11 is 0. The third-order valence-electron chi connectivity index (χ3n) is 3.59. The van der Waals surface area contributed by atoms with E-state index in [2.05, 4.69) is 37.9 Å². The van der Waals surface area contributed by atoms with Crippen molar-refractivity contribution in [1.82, 2.24) is 10.2 Å². The number of piperazine rings is 1. The Hall–Kier alpha value is -0.0800. The molecule has 2 heteroatoms. The lowest BCUT2D eigenvalue weighted by Crippen LogP contribution is -2.61. The Morgan fingerprint density at radius 2 is 1.93 bits per heavy atom. The van der Waals surface area contributed by atoms with Gasteiger partial charge in [-0.2, -0.15) is 0 Å². The van der Waals surface area contributed by atoms with E-state index in [9.17, 15) is 0 Å². The molecule has 0 saturated carbocycles. The fourth-order valence-corrected chi connectivity index (χ4v) is 2.56. The first kappa shape index (κ1) is 12.0. The molecule has 2 nitrogen and oxygen atoms in total. The highest BCUT2D eigenvalue weighted by Gasteiger charge is 2.35. The second-order valence-electron chi connectivity index (χ2n) is 4.95. The second kappa shape index (κ2) is 5.13. The van der Waals surface area contributed by atoms with E-state index in [-0.39, 0.29) is 0 Å². The Bertz CT molecular complexity index is 162. The minimum Gasteiger partial charge on any atom is -0.314 e. The highest BCUT2D eigenvalue weighted by atomic mass is 15.3. The van der Waals surface area contributed by atoms with Crippen LogP contribution in [0.25, 0.3) is 0 Å². The molecule has 84 valence electrons. The normalized spacial score (nSPS) is 22.9. The zero-order valence-corrected chi connectivity index (χ0v) is 10.3. The zero-order chi connectivity index (χ0) is 10.6. The van der Waals surface area contributed by atoms with Gasteiger partial charge in [0.1, 0.15) is 0 Å². The third kappa shape index (κ3) is 2.48. The Labute approximate surface area is 89.1 Å². The summed E-state index contributed by atoms with van der Waals surface area (Å²) in [6, 6.07) is 0. The summed E-state index contributed by atoms with van der Waals surface area (Å²) in [7, 11) is 0. The van der Waals surface area contributed by atoms with Crippen LogP contribution in [0.3, 0.4) is 0 Å². The number of hydrogen-bond donors (Lipinski definition) is 1. The van der Waals surface area contributed by atoms with Crippen molar-refractivity contribution < 1.29 is 0 Å². The molecule has 1 rings (SSSR count). The van der Waals surface area contributed by atoms with Crippen LogP contribution in [-0.2, 0) is 0 Å². The van der Waals surface area contributed by atoms with E-state index in [1.54, 1.807) is 0 Å². The maximum atomic E-state index is 3.54. The lowest BCUT2D eigenvalue weighted by Gasteiger charge is -2.47. The van der Waals surface area contributed by atoms with Crippen molar-refractivity contribution in [3.8, 4) is 0 Å². The van der Waals surface area contributed by atoms with Gasteiger partial charge in [0.2, 0.25) is 0 Å². The Morgan fingerprint density at radius 1 is 1.29 bits per heavy atom. The van der Waals surface area contributed by atoms with Gasteiger partial charge in [0, 0.05) is 31.7 Å². The number of hydrogen-bond acceptors (Lipinski definition) is 2. The van der Waals surface area contributed by atoms with Crippen LogP contribution in [0.5, 0.6) is 0 Å². The number of nitrogens with one attached hydrogen (secondary N) is 1. The third-order valence-corrected chi connectivity index (χ3v) is 3.59. The predicted octanol–water partition coefficient (Wildman–Crippen LogP) is 2.11. The smallest absolute Gasteiger partial charge is 0.0329 e. The molecule has 1 saturated heterocycles. The quantitative estimate of drug-likeness (QED) is 0.744. The first-order valence-corrected chi connectivity index (χ1v) is 6.10. The average molecular weight is 198 g/mol. The molecule has 0 aliphatic carbocycles. The molecule has 0 atom stereocenters. The molecule has 1 aliphatic heterocycles. The largest absolute Gasteiger partial charge is 0.314 e. The van der Waals surface area contributed by atoms with Crippen LogP contribution in [0.2, 0.25) is 0 Å². The maximum absolute atomic E-state index is 3.54. The van der Waals surface area contributed by atoms with Gasteiger partial charge in [-0.25, -0.2) is 0 Å². The summed E-state index contributed by atoms with van der Waals surface area (Å²) in [5.41, 5.74) is 0.433. The van der Waals surface area contributed by atoms with Gasteiger partial charge in [0.25, 0.3) is 0 Å². The van der Waals surface area contributed by atoms with Crippen molar-refractivity contribution in [2.24, 2.45) is 5.92 Å². The van der Waals surface area contributed by atoms with E-state index in [0.717, 1.165) is 12.5 Å². The van der Waals surface area contributed by atoms with Crippen LogP contribution in [0, 0.1) is 5.92 Å². The van der Waals surface area contributed by atoms with Gasteiger partial charge >= 0.3 is 0 Å². The summed E-state index contributed by atoms with van der Waals surface area (Å²) < 4.78 is 0. The molecular weight excluding hydrogens is 172 g/mol. The summed E-state index contributed by atoms with van der Waals surface area (Å²) in [6.07, 6.45) is 2.53. The van der Waals surface area contributed by atoms with Crippen molar-refractivity contribution >= 4 is 0 Å². The molecule has 0 spiro atoms. The first-order chi connectivity index (χ1) is 6.64. The van der Waals surface area contributed by atoms with Crippen LogP contribution in [0.15, 0.2) is 0 Å². The zero-order valence-electron chi connectivity index (χ0n) is 10.3. The van der Waals surface area contributed by atoms with Crippen LogP contribution >= 0.6 is 0 Å². The highest BCUT2D eigenvalue weighted by Crippen LogP contribution is 2.26. The van der Waals surface area contributed by atoms with Gasteiger partial charge in [0.15, 0.2) is 0 Å². The van der Waals surface area contributed by atoms with Crippen molar-refractivity contribution in [2.75, 3.05) is 26.2 Å². The molecule has 14 heavy (non-hydrogen) atoms. The van der Waals surface area contributed by atoms with E-state index in [0.29, 0.717) is 5.54 Å². The summed E-state index contributed by atoms with van der Waals surface area (Å²) in [5.74, 6) is 0.783. The Kier molecular flexibility index (Phi) is 4.39. The van der Waals surface area contributed by atoms with E-state index < -0.39 is 0 Å². The van der Waals surface area contributed by atoms with Gasteiger partial charge in [0.05, 0.1) is 0 Å². The summed E-state index contributed by atoms with van der Waals surface area (Å²) in [4.78, 5) is 2.70. The summed E-state index contributed by atoms with van der Waals surface area (Å²) in [6.45, 7) is 14.1. The lowest BCUT2D eigenvalue weighted by molar-refractivity contribution is 0.0418. The van der Waals surface area contributed by atoms with Gasteiger partial charge in [-0.3, -0.25) is 4.90 Å². The van der Waals surface area contributed by atoms with Crippen LogP contribution in [-0.4, -0.2) is 36.6 Å². The first-order valence-electron chi connectivity index (χ1n) is 6.10. The SMILES string of the molecule is CCC1(CC)CNCCN1CC(C)C. The van der Waals surface area contributed by atoms with E-state index in [1.807, 2.05) is 0 Å². The predicted molar refractivity (Wildman–Crippen MR) is 62.6 cm³/mol. The van der Waals surface area contributed by atoms with E-state index in [1.165, 1.54) is 32.5 Å². The molecule has 1 fully saturated rings. The fraction of sp³-hybridized carbons (Fsp3) is 1.00. The van der Waals surface area contributed by atoms with Gasteiger partial charge in [-0.15, -0.1) is 0 Å². The van der Waals surface area contributed by atoms with Crippen molar-refractivity contribution in [1.29, 1.82) is 0 Å². The molecule has 0 radical (unpaired) electrons. The topological polar surface area (TPSA) is 15.3 Å². The molecule has 0 aromatic rings. The molecular formula is C12H26N2. The van der Waals surface area contributed by atoms with Gasteiger partial charge in [-0.05, 0) is 18.8 Å². The van der Waals surface area contributed by atoms with Gasteiger partial charge < -0.3 is 5.32 Å². The maximum Gasteiger partial charge on any atom is 0.0329 e. The molecule has 0 amide bonds. The Morgan fingerprint density at radius 3 is 2.43 bits per heavy atom. The monoisotopic (exact) mass is 198 g/mol. The van der Waals surface area contributed by atoms with Crippen molar-refractivity contribution in [3.05, 3.63) is 0 Å². The van der Waals surface area contributed by atoms with E-state index in [4.69, 9.17) is 0 Å². The van der Waals surface area contributed by atoms with Gasteiger partial charge in [-0.1, -0.05) is 27.7 Å². The van der Waals surface area contributed by atoms with Crippen LogP contribution in [0.1, 0.15) is 40.5 Å². The molecule has 0 unspecified atom stereocenters. The summed E-state index contributed by atoms with van der Waals surface area (Å²) in [5, 5.41) is 3.54. The second-order valence-corrected chi connectivity index (χ2v) is 4.95. The minimum absolute atomic E-state index is 0.433. The van der Waals surface area contributed by atoms with Crippen molar-refractivity contribution in [2.45, 2.75) is 46.1 Å².